The molecule has 0 aliphatic carbocycles. The number of rotatable bonds is 3. The van der Waals surface area contributed by atoms with Crippen molar-refractivity contribution in [2.75, 3.05) is 11.9 Å². The van der Waals surface area contributed by atoms with Gasteiger partial charge in [0.1, 0.15) is 6.07 Å². The monoisotopic (exact) mass is 272 g/mol. The molecule has 0 aliphatic heterocycles. The van der Waals surface area contributed by atoms with Gasteiger partial charge in [-0.1, -0.05) is 29.8 Å². The van der Waals surface area contributed by atoms with Crippen molar-refractivity contribution in [1.82, 2.24) is 0 Å². The number of aliphatic hydroxyl groups excluding tert-OH is 1. The number of nitrogens with zero attached hydrogens (tertiary/aromatic N) is 2. The standard InChI is InChI=1S/C15H13ClN2O/c1-18(15-5-3-2-4-11(15)9-17)13-7-6-12(10-19)14(16)8-13/h2-8,19H,10H2,1H3. The van der Waals surface area contributed by atoms with E-state index in [0.717, 1.165) is 11.4 Å². The van der Waals surface area contributed by atoms with Gasteiger partial charge < -0.3 is 10.0 Å². The van der Waals surface area contributed by atoms with Crippen LogP contribution < -0.4 is 4.90 Å². The number of para-hydroxylation sites is 1. The quantitative estimate of drug-likeness (QED) is 0.931. The molecule has 0 spiro atoms. The van der Waals surface area contributed by atoms with Crippen molar-refractivity contribution >= 4 is 23.0 Å². The summed E-state index contributed by atoms with van der Waals surface area (Å²) in [5.41, 5.74) is 2.97. The minimum atomic E-state index is -0.0857. The Labute approximate surface area is 117 Å². The zero-order valence-corrected chi connectivity index (χ0v) is 11.2. The van der Waals surface area contributed by atoms with Crippen LogP contribution >= 0.6 is 11.6 Å². The predicted molar refractivity (Wildman–Crippen MR) is 76.6 cm³/mol. The van der Waals surface area contributed by atoms with E-state index in [1.807, 2.05) is 36.2 Å². The van der Waals surface area contributed by atoms with Crippen LogP contribution in [0.1, 0.15) is 11.1 Å². The first-order valence-corrected chi connectivity index (χ1v) is 6.17. The lowest BCUT2D eigenvalue weighted by Crippen LogP contribution is -2.11. The first-order chi connectivity index (χ1) is 9.17. The number of nitriles is 1. The molecule has 0 fully saturated rings. The topological polar surface area (TPSA) is 47.3 Å². The molecule has 0 unspecified atom stereocenters. The van der Waals surface area contributed by atoms with E-state index in [9.17, 15) is 0 Å². The SMILES string of the molecule is CN(c1ccc(CO)c(Cl)c1)c1ccccc1C#N. The van der Waals surface area contributed by atoms with Crippen LogP contribution in [-0.2, 0) is 6.61 Å². The molecule has 0 atom stereocenters. The van der Waals surface area contributed by atoms with E-state index in [4.69, 9.17) is 22.0 Å². The Hall–Kier alpha value is -2.02. The minimum absolute atomic E-state index is 0.0857. The molecule has 0 radical (unpaired) electrons. The van der Waals surface area contributed by atoms with E-state index >= 15 is 0 Å². The van der Waals surface area contributed by atoms with Gasteiger partial charge in [0.05, 0.1) is 17.9 Å². The van der Waals surface area contributed by atoms with Crippen LogP contribution in [0.3, 0.4) is 0 Å². The van der Waals surface area contributed by atoms with E-state index in [0.29, 0.717) is 16.1 Å². The van der Waals surface area contributed by atoms with Crippen molar-refractivity contribution in [2.24, 2.45) is 0 Å². The maximum atomic E-state index is 9.12. The fourth-order valence-corrected chi connectivity index (χ4v) is 2.11. The molecule has 0 saturated carbocycles. The van der Waals surface area contributed by atoms with Gasteiger partial charge >= 0.3 is 0 Å². The van der Waals surface area contributed by atoms with Crippen LogP contribution in [0.2, 0.25) is 5.02 Å². The van der Waals surface area contributed by atoms with Crippen LogP contribution in [-0.4, -0.2) is 12.2 Å². The molecule has 4 heteroatoms. The highest BCUT2D eigenvalue weighted by atomic mass is 35.5. The molecule has 3 nitrogen and oxygen atoms in total. The highest BCUT2D eigenvalue weighted by Gasteiger charge is 2.10. The highest BCUT2D eigenvalue weighted by Crippen LogP contribution is 2.29. The van der Waals surface area contributed by atoms with Crippen molar-refractivity contribution in [2.45, 2.75) is 6.61 Å². The van der Waals surface area contributed by atoms with Gasteiger partial charge in [0.2, 0.25) is 0 Å². The Kier molecular flexibility index (Phi) is 4.06. The van der Waals surface area contributed by atoms with E-state index in [1.165, 1.54) is 0 Å². The fraction of sp³-hybridized carbons (Fsp3) is 0.133. The number of hydrogen-bond donors (Lipinski definition) is 1. The molecule has 0 amide bonds. The molecular formula is C15H13ClN2O. The Morgan fingerprint density at radius 2 is 2.00 bits per heavy atom. The predicted octanol–water partition coefficient (Wildman–Crippen LogP) is 3.47. The van der Waals surface area contributed by atoms with Crippen molar-refractivity contribution in [3.8, 4) is 6.07 Å². The van der Waals surface area contributed by atoms with Crippen molar-refractivity contribution in [1.29, 1.82) is 5.26 Å². The zero-order chi connectivity index (χ0) is 13.8. The summed E-state index contributed by atoms with van der Waals surface area (Å²) >= 11 is 6.08. The molecule has 2 aromatic rings. The molecule has 2 rings (SSSR count). The lowest BCUT2D eigenvalue weighted by atomic mass is 10.1. The Bertz CT molecular complexity index is 634. The molecule has 0 bridgehead atoms. The number of benzene rings is 2. The van der Waals surface area contributed by atoms with Gasteiger partial charge in [0, 0.05) is 17.8 Å². The van der Waals surface area contributed by atoms with Crippen LogP contribution in [0, 0.1) is 11.3 Å². The third-order valence-electron chi connectivity index (χ3n) is 2.98. The molecule has 0 aromatic heterocycles. The van der Waals surface area contributed by atoms with Gasteiger partial charge in [-0.25, -0.2) is 0 Å². The summed E-state index contributed by atoms with van der Waals surface area (Å²) in [4.78, 5) is 1.89. The molecule has 2 aromatic carbocycles. The maximum Gasteiger partial charge on any atom is 0.101 e. The average molecular weight is 273 g/mol. The summed E-state index contributed by atoms with van der Waals surface area (Å²) in [6, 6.07) is 15.0. The normalized spacial score (nSPS) is 10.0. The smallest absolute Gasteiger partial charge is 0.101 e. The maximum absolute atomic E-state index is 9.12. The molecule has 0 heterocycles. The molecule has 1 N–H and O–H groups in total. The lowest BCUT2D eigenvalue weighted by molar-refractivity contribution is 0.282. The van der Waals surface area contributed by atoms with Crippen LogP contribution in [0.4, 0.5) is 11.4 Å². The van der Waals surface area contributed by atoms with E-state index in [1.54, 1.807) is 18.2 Å². The molecular weight excluding hydrogens is 260 g/mol. The van der Waals surface area contributed by atoms with Gasteiger partial charge in [-0.05, 0) is 29.8 Å². The van der Waals surface area contributed by atoms with E-state index in [-0.39, 0.29) is 6.61 Å². The summed E-state index contributed by atoms with van der Waals surface area (Å²) in [6.45, 7) is -0.0857. The number of halogens is 1. The van der Waals surface area contributed by atoms with Crippen LogP contribution in [0.25, 0.3) is 0 Å². The third-order valence-corrected chi connectivity index (χ3v) is 3.33. The Morgan fingerprint density at radius 3 is 2.63 bits per heavy atom. The number of anilines is 2. The van der Waals surface area contributed by atoms with Crippen LogP contribution in [0.15, 0.2) is 42.5 Å². The van der Waals surface area contributed by atoms with Crippen molar-refractivity contribution < 1.29 is 5.11 Å². The molecule has 19 heavy (non-hydrogen) atoms. The van der Waals surface area contributed by atoms with Crippen molar-refractivity contribution in [3.05, 3.63) is 58.6 Å². The van der Waals surface area contributed by atoms with E-state index in [2.05, 4.69) is 6.07 Å². The number of aliphatic hydroxyl groups is 1. The van der Waals surface area contributed by atoms with Gasteiger partial charge in [0.15, 0.2) is 0 Å². The zero-order valence-electron chi connectivity index (χ0n) is 10.5. The molecule has 96 valence electrons. The van der Waals surface area contributed by atoms with Gasteiger partial charge in [-0.3, -0.25) is 0 Å². The summed E-state index contributed by atoms with van der Waals surface area (Å²) in [5.74, 6) is 0. The van der Waals surface area contributed by atoms with Gasteiger partial charge in [-0.2, -0.15) is 5.26 Å². The second kappa shape index (κ2) is 5.75. The average Bonchev–Trinajstić information content (AvgIpc) is 2.46. The summed E-state index contributed by atoms with van der Waals surface area (Å²) in [7, 11) is 1.88. The summed E-state index contributed by atoms with van der Waals surface area (Å²) < 4.78 is 0. The first-order valence-electron chi connectivity index (χ1n) is 5.79. The largest absolute Gasteiger partial charge is 0.392 e. The third kappa shape index (κ3) is 2.70. The lowest BCUT2D eigenvalue weighted by Gasteiger charge is -2.21. The second-order valence-electron chi connectivity index (χ2n) is 4.12. The Balaban J connectivity index is 2.42. The van der Waals surface area contributed by atoms with Gasteiger partial charge in [-0.15, -0.1) is 0 Å². The van der Waals surface area contributed by atoms with Gasteiger partial charge in [0.25, 0.3) is 0 Å². The minimum Gasteiger partial charge on any atom is -0.392 e. The molecule has 0 saturated heterocycles. The first kappa shape index (κ1) is 13.4. The Morgan fingerprint density at radius 1 is 1.26 bits per heavy atom. The second-order valence-corrected chi connectivity index (χ2v) is 4.53. The number of hydrogen-bond acceptors (Lipinski definition) is 3. The summed E-state index contributed by atoms with van der Waals surface area (Å²) in [5, 5.41) is 18.7. The fourth-order valence-electron chi connectivity index (χ4n) is 1.87. The van der Waals surface area contributed by atoms with Crippen LogP contribution in [0.5, 0.6) is 0 Å². The molecule has 0 aliphatic rings. The van der Waals surface area contributed by atoms with E-state index < -0.39 is 0 Å². The highest BCUT2D eigenvalue weighted by molar-refractivity contribution is 6.31. The summed E-state index contributed by atoms with van der Waals surface area (Å²) in [6.07, 6.45) is 0. The van der Waals surface area contributed by atoms with Crippen molar-refractivity contribution in [3.63, 3.8) is 0 Å².